The average Bonchev–Trinajstić information content (AvgIpc) is 3.06. The van der Waals surface area contributed by atoms with Crippen LogP contribution in [0.2, 0.25) is 0 Å². The first-order valence-corrected chi connectivity index (χ1v) is 8.81. The van der Waals surface area contributed by atoms with Crippen LogP contribution in [-0.4, -0.2) is 16.9 Å². The van der Waals surface area contributed by atoms with Crippen molar-refractivity contribution in [1.29, 1.82) is 0 Å². The van der Waals surface area contributed by atoms with Gasteiger partial charge in [0.25, 0.3) is 0 Å². The summed E-state index contributed by atoms with van der Waals surface area (Å²) in [4.78, 5) is 24.6. The summed E-state index contributed by atoms with van der Waals surface area (Å²) >= 11 is 0. The van der Waals surface area contributed by atoms with E-state index in [1.807, 2.05) is 6.92 Å². The molecule has 0 fully saturated rings. The van der Waals surface area contributed by atoms with E-state index in [0.717, 1.165) is 31.3 Å². The lowest BCUT2D eigenvalue weighted by Gasteiger charge is -2.49. The second-order valence-corrected chi connectivity index (χ2v) is 7.92. The first-order valence-electron chi connectivity index (χ1n) is 8.81. The van der Waals surface area contributed by atoms with E-state index in [-0.39, 0.29) is 11.2 Å². The Labute approximate surface area is 142 Å². The van der Waals surface area contributed by atoms with E-state index in [4.69, 9.17) is 4.42 Å². The molecule has 0 bridgehead atoms. The van der Waals surface area contributed by atoms with E-state index in [1.54, 1.807) is 6.07 Å². The van der Waals surface area contributed by atoms with Crippen LogP contribution in [0.25, 0.3) is 0 Å². The molecule has 0 radical (unpaired) electrons. The Hall–Kier alpha value is -1.84. The smallest absolute Gasteiger partial charge is 0.313 e. The molecular formula is C20H26O4. The van der Waals surface area contributed by atoms with Crippen molar-refractivity contribution < 1.29 is 19.1 Å². The molecule has 0 saturated heterocycles. The van der Waals surface area contributed by atoms with Gasteiger partial charge in [-0.3, -0.25) is 9.59 Å². The highest BCUT2D eigenvalue weighted by atomic mass is 16.4. The van der Waals surface area contributed by atoms with E-state index in [0.29, 0.717) is 24.3 Å². The standard InChI is InChI=1S/C20H26O4/c1-13-6-7-16-15(5-4-9-19(16,2)18(22)23)20(13,3)11-17(21)14-8-10-24-12-14/h8,10,12-13H,4-7,9,11H2,1-3H3,(H,22,23)/t13-,19-,20+/m1/s1. The maximum Gasteiger partial charge on any atom is 0.313 e. The van der Waals surface area contributed by atoms with Gasteiger partial charge >= 0.3 is 5.97 Å². The maximum atomic E-state index is 12.7. The number of ketones is 1. The van der Waals surface area contributed by atoms with Gasteiger partial charge in [-0.05, 0) is 56.4 Å². The number of carboxylic acid groups (broad SMARTS) is 1. The van der Waals surface area contributed by atoms with Crippen LogP contribution in [0.5, 0.6) is 0 Å². The largest absolute Gasteiger partial charge is 0.481 e. The van der Waals surface area contributed by atoms with Crippen LogP contribution < -0.4 is 0 Å². The monoisotopic (exact) mass is 330 g/mol. The zero-order valence-corrected chi connectivity index (χ0v) is 14.7. The minimum Gasteiger partial charge on any atom is -0.481 e. The maximum absolute atomic E-state index is 12.7. The van der Waals surface area contributed by atoms with Gasteiger partial charge in [-0.15, -0.1) is 0 Å². The molecular weight excluding hydrogens is 304 g/mol. The molecule has 0 amide bonds. The van der Waals surface area contributed by atoms with Crippen molar-refractivity contribution in [2.24, 2.45) is 16.7 Å². The van der Waals surface area contributed by atoms with Crippen molar-refractivity contribution in [3.63, 3.8) is 0 Å². The molecule has 0 aliphatic heterocycles. The fourth-order valence-corrected chi connectivity index (χ4v) is 4.66. The number of rotatable bonds is 4. The number of carboxylic acids is 1. The zero-order valence-electron chi connectivity index (χ0n) is 14.7. The summed E-state index contributed by atoms with van der Waals surface area (Å²) in [5.74, 6) is -0.287. The summed E-state index contributed by atoms with van der Waals surface area (Å²) < 4.78 is 5.05. The number of Topliss-reactive ketones (excluding diaryl/α,β-unsaturated/α-hetero) is 1. The second-order valence-electron chi connectivity index (χ2n) is 7.92. The predicted octanol–water partition coefficient (Wildman–Crippen LogP) is 4.86. The summed E-state index contributed by atoms with van der Waals surface area (Å²) in [6.07, 6.45) is 7.71. The quantitative estimate of drug-likeness (QED) is 0.632. The number of carbonyl (C=O) groups is 2. The van der Waals surface area contributed by atoms with Gasteiger partial charge in [0.15, 0.2) is 5.78 Å². The van der Waals surface area contributed by atoms with Crippen LogP contribution in [0.15, 0.2) is 34.2 Å². The molecule has 4 heteroatoms. The summed E-state index contributed by atoms with van der Waals surface area (Å²) in [6, 6.07) is 1.71. The second kappa shape index (κ2) is 5.91. The highest BCUT2D eigenvalue weighted by molar-refractivity contribution is 5.96. The van der Waals surface area contributed by atoms with Crippen molar-refractivity contribution in [2.45, 2.75) is 59.3 Å². The lowest BCUT2D eigenvalue weighted by atomic mass is 9.55. The van der Waals surface area contributed by atoms with Crippen molar-refractivity contribution in [3.8, 4) is 0 Å². The summed E-state index contributed by atoms with van der Waals surface area (Å²) in [6.45, 7) is 6.20. The normalized spacial score (nSPS) is 33.2. The van der Waals surface area contributed by atoms with Crippen LogP contribution in [0.1, 0.15) is 69.7 Å². The van der Waals surface area contributed by atoms with Gasteiger partial charge in [-0.1, -0.05) is 25.0 Å². The lowest BCUT2D eigenvalue weighted by Crippen LogP contribution is -2.42. The number of carbonyl (C=O) groups excluding carboxylic acids is 1. The third-order valence-electron chi connectivity index (χ3n) is 6.58. The fourth-order valence-electron chi connectivity index (χ4n) is 4.66. The van der Waals surface area contributed by atoms with Crippen LogP contribution in [0.3, 0.4) is 0 Å². The summed E-state index contributed by atoms with van der Waals surface area (Å²) in [5.41, 5.74) is 1.89. The van der Waals surface area contributed by atoms with E-state index in [2.05, 4.69) is 13.8 Å². The molecule has 1 heterocycles. The first-order chi connectivity index (χ1) is 11.3. The highest BCUT2D eigenvalue weighted by Crippen LogP contribution is 2.56. The molecule has 4 nitrogen and oxygen atoms in total. The predicted molar refractivity (Wildman–Crippen MR) is 90.8 cm³/mol. The van der Waals surface area contributed by atoms with E-state index < -0.39 is 11.4 Å². The number of furan rings is 1. The van der Waals surface area contributed by atoms with E-state index in [9.17, 15) is 14.7 Å². The zero-order chi connectivity index (χ0) is 17.5. The molecule has 24 heavy (non-hydrogen) atoms. The molecule has 1 aromatic heterocycles. The number of hydrogen-bond donors (Lipinski definition) is 1. The van der Waals surface area contributed by atoms with Crippen LogP contribution in [0.4, 0.5) is 0 Å². The Morgan fingerprint density at radius 3 is 2.67 bits per heavy atom. The van der Waals surface area contributed by atoms with Crippen LogP contribution in [-0.2, 0) is 4.79 Å². The third-order valence-corrected chi connectivity index (χ3v) is 6.58. The third kappa shape index (κ3) is 2.52. The van der Waals surface area contributed by atoms with Crippen molar-refractivity contribution in [3.05, 3.63) is 35.3 Å². The molecule has 2 aliphatic rings. The van der Waals surface area contributed by atoms with Crippen molar-refractivity contribution in [1.82, 2.24) is 0 Å². The molecule has 1 N–H and O–H groups in total. The van der Waals surface area contributed by atoms with E-state index in [1.165, 1.54) is 18.1 Å². The van der Waals surface area contributed by atoms with Gasteiger partial charge < -0.3 is 9.52 Å². The average molecular weight is 330 g/mol. The summed E-state index contributed by atoms with van der Waals surface area (Å²) in [7, 11) is 0. The number of allylic oxidation sites excluding steroid dienone is 1. The molecule has 0 saturated carbocycles. The van der Waals surface area contributed by atoms with Gasteiger partial charge in [0, 0.05) is 6.42 Å². The number of aliphatic carboxylic acids is 1. The topological polar surface area (TPSA) is 67.5 Å². The Kier molecular flexibility index (Phi) is 4.18. The first kappa shape index (κ1) is 17.0. The van der Waals surface area contributed by atoms with Crippen molar-refractivity contribution in [2.75, 3.05) is 0 Å². The molecule has 0 unspecified atom stereocenters. The molecule has 3 atom stereocenters. The molecule has 3 rings (SSSR count). The minimum atomic E-state index is -0.770. The Morgan fingerprint density at radius 2 is 2.04 bits per heavy atom. The SMILES string of the molecule is C[C@@H]1CCC2=C(CCC[C@@]2(C)C(=O)O)[C@@]1(C)CC(=O)c1ccoc1. The molecule has 0 aromatic carbocycles. The van der Waals surface area contributed by atoms with Gasteiger partial charge in [0.2, 0.25) is 0 Å². The van der Waals surface area contributed by atoms with Crippen molar-refractivity contribution >= 4 is 11.8 Å². The Morgan fingerprint density at radius 1 is 1.29 bits per heavy atom. The van der Waals surface area contributed by atoms with Gasteiger partial charge in [0.1, 0.15) is 6.26 Å². The molecule has 1 aromatic rings. The van der Waals surface area contributed by atoms with Gasteiger partial charge in [-0.2, -0.15) is 0 Å². The van der Waals surface area contributed by atoms with Crippen LogP contribution in [0, 0.1) is 16.7 Å². The number of hydrogen-bond acceptors (Lipinski definition) is 3. The fraction of sp³-hybridized carbons (Fsp3) is 0.600. The molecule has 2 aliphatic carbocycles. The molecule has 130 valence electrons. The minimum absolute atomic E-state index is 0.0782. The highest BCUT2D eigenvalue weighted by Gasteiger charge is 2.49. The van der Waals surface area contributed by atoms with E-state index >= 15 is 0 Å². The van der Waals surface area contributed by atoms with Gasteiger partial charge in [-0.25, -0.2) is 0 Å². The van der Waals surface area contributed by atoms with Crippen LogP contribution >= 0.6 is 0 Å². The lowest BCUT2D eigenvalue weighted by molar-refractivity contribution is -0.146. The Bertz CT molecular complexity index is 685. The Balaban J connectivity index is 2.01. The molecule has 0 spiro atoms. The summed E-state index contributed by atoms with van der Waals surface area (Å²) in [5, 5.41) is 9.79. The van der Waals surface area contributed by atoms with Gasteiger partial charge in [0.05, 0.1) is 17.2 Å².